The summed E-state index contributed by atoms with van der Waals surface area (Å²) in [5.41, 5.74) is 1.78. The molecule has 0 bridgehead atoms. The van der Waals surface area contributed by atoms with Crippen LogP contribution in [0.15, 0.2) is 64.6 Å². The number of hydrogen-bond donors (Lipinski definition) is 1. The molecule has 174 valence electrons. The normalized spacial score (nSPS) is 17.1. The summed E-state index contributed by atoms with van der Waals surface area (Å²) in [6, 6.07) is 16.5. The van der Waals surface area contributed by atoms with Gasteiger partial charge in [0.25, 0.3) is 0 Å². The molecule has 0 radical (unpaired) electrons. The van der Waals surface area contributed by atoms with Crippen LogP contribution in [0.5, 0.6) is 0 Å². The topological polar surface area (TPSA) is 97.2 Å². The van der Waals surface area contributed by atoms with Crippen molar-refractivity contribution in [2.45, 2.75) is 41.5 Å². The Bertz CT molecular complexity index is 1210. The molecule has 0 spiro atoms. The van der Waals surface area contributed by atoms with Gasteiger partial charge in [0.05, 0.1) is 4.90 Å². The predicted octanol–water partition coefficient (Wildman–Crippen LogP) is 3.63. The molecule has 3 aromatic rings. The number of hydrogen-bond acceptors (Lipinski definition) is 6. The van der Waals surface area contributed by atoms with Crippen molar-refractivity contribution >= 4 is 33.4 Å². The predicted molar refractivity (Wildman–Crippen MR) is 128 cm³/mol. The van der Waals surface area contributed by atoms with Crippen molar-refractivity contribution in [3.63, 3.8) is 0 Å². The van der Waals surface area contributed by atoms with E-state index in [1.165, 1.54) is 28.9 Å². The van der Waals surface area contributed by atoms with Crippen molar-refractivity contribution in [1.29, 1.82) is 0 Å². The zero-order chi connectivity index (χ0) is 23.4. The van der Waals surface area contributed by atoms with E-state index in [1.807, 2.05) is 29.8 Å². The molecule has 1 aromatic heterocycles. The van der Waals surface area contributed by atoms with Crippen LogP contribution < -0.4 is 5.32 Å². The van der Waals surface area contributed by atoms with Crippen molar-refractivity contribution in [3.8, 4) is 0 Å². The average molecular weight is 486 g/mol. The molecule has 1 N–H and O–H groups in total. The van der Waals surface area contributed by atoms with Crippen molar-refractivity contribution < 1.29 is 13.2 Å². The quantitative estimate of drug-likeness (QED) is 0.513. The lowest BCUT2D eigenvalue weighted by Gasteiger charge is -2.31. The minimum Gasteiger partial charge on any atom is -0.326 e. The molecule has 4 rings (SSSR count). The van der Waals surface area contributed by atoms with E-state index < -0.39 is 10.0 Å². The second-order valence-electron chi connectivity index (χ2n) is 8.08. The maximum atomic E-state index is 13.2. The third-order valence-electron chi connectivity index (χ3n) is 5.64. The largest absolute Gasteiger partial charge is 0.326 e. The standard InChI is InChI=1S/C23H27N5O3S2/c1-17(29)24-20-10-12-21(13-11-20)33(30,31)28-14-6-9-19(15-28)22-25-26-23(27(22)2)32-16-18-7-4-3-5-8-18/h3-5,7-8,10-13,19H,6,9,14-16H2,1-2H3,(H,24,29)/t19-/m0/s1. The van der Waals surface area contributed by atoms with E-state index in [-0.39, 0.29) is 16.7 Å². The molecule has 33 heavy (non-hydrogen) atoms. The minimum absolute atomic E-state index is 0.0178. The highest BCUT2D eigenvalue weighted by Crippen LogP contribution is 2.31. The molecule has 2 aromatic carbocycles. The van der Waals surface area contributed by atoms with Crippen LogP contribution >= 0.6 is 11.8 Å². The van der Waals surface area contributed by atoms with Crippen LogP contribution in [0.3, 0.4) is 0 Å². The Labute approximate surface area is 198 Å². The molecule has 1 saturated heterocycles. The molecule has 10 heteroatoms. The molecule has 8 nitrogen and oxygen atoms in total. The maximum absolute atomic E-state index is 13.2. The zero-order valence-electron chi connectivity index (χ0n) is 18.6. The Morgan fingerprint density at radius 3 is 2.55 bits per heavy atom. The lowest BCUT2D eigenvalue weighted by molar-refractivity contribution is -0.114. The highest BCUT2D eigenvalue weighted by molar-refractivity contribution is 7.98. The number of piperidine rings is 1. The number of rotatable bonds is 7. The van der Waals surface area contributed by atoms with Gasteiger partial charge in [-0.05, 0) is 42.7 Å². The summed E-state index contributed by atoms with van der Waals surface area (Å²) < 4.78 is 30.0. The molecule has 1 aliphatic heterocycles. The number of sulfonamides is 1. The fraction of sp³-hybridized carbons (Fsp3) is 0.348. The van der Waals surface area contributed by atoms with Crippen LogP contribution in [-0.4, -0.2) is 46.5 Å². The van der Waals surface area contributed by atoms with Crippen LogP contribution in [0.4, 0.5) is 5.69 Å². The van der Waals surface area contributed by atoms with Gasteiger partial charge >= 0.3 is 0 Å². The van der Waals surface area contributed by atoms with Gasteiger partial charge in [0.2, 0.25) is 15.9 Å². The number of nitrogens with one attached hydrogen (secondary N) is 1. The number of amides is 1. The van der Waals surface area contributed by atoms with Gasteiger partial charge in [-0.3, -0.25) is 4.79 Å². The fourth-order valence-corrected chi connectivity index (χ4v) is 6.36. The first-order valence-corrected chi connectivity index (χ1v) is 13.2. The summed E-state index contributed by atoms with van der Waals surface area (Å²) in [5.74, 6) is 1.39. The average Bonchev–Trinajstić information content (AvgIpc) is 3.18. The molecular formula is C23H27N5O3S2. The fourth-order valence-electron chi connectivity index (χ4n) is 3.96. The number of anilines is 1. The number of carbonyl (C=O) groups is 1. The van der Waals surface area contributed by atoms with Crippen molar-refractivity contribution in [3.05, 3.63) is 66.0 Å². The number of carbonyl (C=O) groups excluding carboxylic acids is 1. The Hall–Kier alpha value is -2.69. The Morgan fingerprint density at radius 1 is 1.12 bits per heavy atom. The Kier molecular flexibility index (Phi) is 7.16. The molecule has 0 aliphatic carbocycles. The van der Waals surface area contributed by atoms with Gasteiger partial charge < -0.3 is 9.88 Å². The van der Waals surface area contributed by atoms with Crippen LogP contribution in [-0.2, 0) is 27.6 Å². The van der Waals surface area contributed by atoms with E-state index in [4.69, 9.17) is 0 Å². The van der Waals surface area contributed by atoms with E-state index >= 15 is 0 Å². The first kappa shape index (κ1) is 23.5. The van der Waals surface area contributed by atoms with Gasteiger partial charge in [0.1, 0.15) is 5.82 Å². The monoisotopic (exact) mass is 485 g/mol. The maximum Gasteiger partial charge on any atom is 0.243 e. The van der Waals surface area contributed by atoms with Gasteiger partial charge in [-0.25, -0.2) is 8.42 Å². The highest BCUT2D eigenvalue weighted by atomic mass is 32.2. The van der Waals surface area contributed by atoms with E-state index in [0.717, 1.165) is 29.6 Å². The van der Waals surface area contributed by atoms with Crippen molar-refractivity contribution in [1.82, 2.24) is 19.1 Å². The Morgan fingerprint density at radius 2 is 1.85 bits per heavy atom. The molecule has 1 atom stereocenters. The van der Waals surface area contributed by atoms with Crippen LogP contribution in [0.2, 0.25) is 0 Å². The smallest absolute Gasteiger partial charge is 0.243 e. The van der Waals surface area contributed by atoms with E-state index in [1.54, 1.807) is 23.9 Å². The van der Waals surface area contributed by atoms with Gasteiger partial charge in [-0.1, -0.05) is 42.1 Å². The second-order valence-corrected chi connectivity index (χ2v) is 11.0. The summed E-state index contributed by atoms with van der Waals surface area (Å²) in [6.45, 7) is 2.25. The number of aromatic nitrogens is 3. The first-order chi connectivity index (χ1) is 15.8. The van der Waals surface area contributed by atoms with Crippen LogP contribution in [0.25, 0.3) is 0 Å². The van der Waals surface area contributed by atoms with Gasteiger partial charge in [-0.15, -0.1) is 10.2 Å². The number of benzene rings is 2. The minimum atomic E-state index is -3.64. The molecule has 0 unspecified atom stereocenters. The van der Waals surface area contributed by atoms with Crippen molar-refractivity contribution in [2.24, 2.45) is 7.05 Å². The van der Waals surface area contributed by atoms with Crippen LogP contribution in [0.1, 0.15) is 37.1 Å². The molecule has 1 fully saturated rings. The Balaban J connectivity index is 1.46. The van der Waals surface area contributed by atoms with Gasteiger partial charge in [0.15, 0.2) is 5.16 Å². The zero-order valence-corrected chi connectivity index (χ0v) is 20.3. The SMILES string of the molecule is CC(=O)Nc1ccc(S(=O)(=O)N2CCC[C@H](c3nnc(SCc4ccccc4)n3C)C2)cc1. The molecule has 1 aliphatic rings. The number of thioether (sulfide) groups is 1. The molecule has 0 saturated carbocycles. The lowest BCUT2D eigenvalue weighted by atomic mass is 9.99. The molecule has 1 amide bonds. The summed E-state index contributed by atoms with van der Waals surface area (Å²) in [5, 5.41) is 12.2. The molecular weight excluding hydrogens is 458 g/mol. The van der Waals surface area contributed by atoms with Crippen molar-refractivity contribution in [2.75, 3.05) is 18.4 Å². The van der Waals surface area contributed by atoms with E-state index in [9.17, 15) is 13.2 Å². The van der Waals surface area contributed by atoms with Crippen LogP contribution in [0, 0.1) is 0 Å². The summed E-state index contributed by atoms with van der Waals surface area (Å²) >= 11 is 1.62. The second kappa shape index (κ2) is 10.1. The van der Waals surface area contributed by atoms with Gasteiger partial charge in [0, 0.05) is 44.4 Å². The summed E-state index contributed by atoms with van der Waals surface area (Å²) in [7, 11) is -1.70. The third-order valence-corrected chi connectivity index (χ3v) is 8.61. The van der Waals surface area contributed by atoms with Gasteiger partial charge in [-0.2, -0.15) is 4.31 Å². The molecule has 2 heterocycles. The summed E-state index contributed by atoms with van der Waals surface area (Å²) in [6.07, 6.45) is 1.62. The number of nitrogens with zero attached hydrogens (tertiary/aromatic N) is 4. The lowest BCUT2D eigenvalue weighted by Crippen LogP contribution is -2.39. The highest BCUT2D eigenvalue weighted by Gasteiger charge is 2.33. The summed E-state index contributed by atoms with van der Waals surface area (Å²) in [4.78, 5) is 11.4. The third kappa shape index (κ3) is 5.45. The van der Waals surface area contributed by atoms with E-state index in [2.05, 4.69) is 27.6 Å². The van der Waals surface area contributed by atoms with E-state index in [0.29, 0.717) is 18.8 Å². The first-order valence-electron chi connectivity index (χ1n) is 10.8.